The van der Waals surface area contributed by atoms with E-state index in [1.54, 1.807) is 18.2 Å². The van der Waals surface area contributed by atoms with Gasteiger partial charge in [0.1, 0.15) is 18.4 Å². The molecule has 1 aromatic heterocycles. The molecule has 1 aromatic carbocycles. The number of hydrogen-bond acceptors (Lipinski definition) is 7. The third-order valence-corrected chi connectivity index (χ3v) is 3.91. The Balaban J connectivity index is 1.50. The molecule has 28 heavy (non-hydrogen) atoms. The molecule has 0 aliphatic carbocycles. The number of nitrogens with one attached hydrogen (secondary N) is 2. The molecule has 3 rings (SSSR count). The molecular formula is C17H13Cl2N3O6. The minimum Gasteiger partial charge on any atom is -0.486 e. The molecule has 0 saturated carbocycles. The predicted octanol–water partition coefficient (Wildman–Crippen LogP) is 2.66. The summed E-state index contributed by atoms with van der Waals surface area (Å²) in [6.07, 6.45) is 0. The first-order valence-corrected chi connectivity index (χ1v) is 8.67. The molecule has 2 heterocycles. The number of rotatable bonds is 4. The number of pyridine rings is 1. The van der Waals surface area contributed by atoms with Crippen molar-refractivity contribution in [3.63, 3.8) is 0 Å². The molecule has 1 aliphatic rings. The second kappa shape index (κ2) is 8.77. The van der Waals surface area contributed by atoms with Gasteiger partial charge in [0.15, 0.2) is 23.8 Å². The molecule has 2 aromatic rings. The molecule has 0 fully saturated rings. The second-order valence-electron chi connectivity index (χ2n) is 5.40. The van der Waals surface area contributed by atoms with Gasteiger partial charge in [-0.15, -0.1) is 0 Å². The van der Waals surface area contributed by atoms with E-state index in [1.165, 1.54) is 12.1 Å². The topological polar surface area (TPSA) is 116 Å². The Morgan fingerprint density at radius 2 is 1.82 bits per heavy atom. The maximum atomic E-state index is 11.9. The Bertz CT molecular complexity index is 937. The van der Waals surface area contributed by atoms with E-state index in [1.807, 2.05) is 5.32 Å². The number of halogens is 2. The van der Waals surface area contributed by atoms with E-state index in [-0.39, 0.29) is 15.9 Å². The molecule has 0 spiro atoms. The highest BCUT2D eigenvalue weighted by atomic mass is 35.5. The van der Waals surface area contributed by atoms with E-state index in [4.69, 9.17) is 37.4 Å². The highest BCUT2D eigenvalue weighted by Gasteiger charge is 2.18. The van der Waals surface area contributed by atoms with Crippen LogP contribution in [0.1, 0.15) is 10.5 Å². The number of urea groups is 1. The minimum absolute atomic E-state index is 0.0196. The number of carbonyl (C=O) groups is 3. The Kier molecular flexibility index (Phi) is 6.17. The van der Waals surface area contributed by atoms with E-state index in [0.717, 1.165) is 0 Å². The van der Waals surface area contributed by atoms with Crippen LogP contribution in [0.2, 0.25) is 10.2 Å². The maximum absolute atomic E-state index is 11.9. The van der Waals surface area contributed by atoms with Gasteiger partial charge in [0.2, 0.25) is 0 Å². The Hall–Kier alpha value is -3.04. The van der Waals surface area contributed by atoms with Crippen molar-refractivity contribution < 1.29 is 28.6 Å². The monoisotopic (exact) mass is 425 g/mol. The van der Waals surface area contributed by atoms with E-state index < -0.39 is 24.5 Å². The normalized spacial score (nSPS) is 12.1. The number of ether oxygens (including phenoxy) is 3. The molecule has 0 unspecified atom stereocenters. The molecule has 2 N–H and O–H groups in total. The lowest BCUT2D eigenvalue weighted by molar-refractivity contribution is -0.123. The van der Waals surface area contributed by atoms with Gasteiger partial charge >= 0.3 is 12.0 Å². The number of imide groups is 1. The van der Waals surface area contributed by atoms with Crippen LogP contribution < -0.4 is 20.1 Å². The quantitative estimate of drug-likeness (QED) is 0.571. The van der Waals surface area contributed by atoms with Crippen molar-refractivity contribution >= 4 is 46.8 Å². The number of benzene rings is 1. The molecule has 0 atom stereocenters. The average molecular weight is 426 g/mol. The van der Waals surface area contributed by atoms with Crippen LogP contribution in [-0.2, 0) is 9.53 Å². The molecule has 0 bridgehead atoms. The number of anilines is 1. The number of carbonyl (C=O) groups excluding carboxylic acids is 3. The van der Waals surface area contributed by atoms with E-state index in [0.29, 0.717) is 30.4 Å². The SMILES string of the molecule is O=C(COC(=O)c1nc(Cl)ccc1Cl)NC(=O)Nc1ccc2c(c1)OCCO2. The van der Waals surface area contributed by atoms with Crippen molar-refractivity contribution in [1.29, 1.82) is 0 Å². The predicted molar refractivity (Wildman–Crippen MR) is 99.1 cm³/mol. The van der Waals surface area contributed by atoms with Crippen molar-refractivity contribution in [3.8, 4) is 11.5 Å². The third kappa shape index (κ3) is 5.02. The smallest absolute Gasteiger partial charge is 0.359 e. The summed E-state index contributed by atoms with van der Waals surface area (Å²) < 4.78 is 15.6. The van der Waals surface area contributed by atoms with Gasteiger partial charge in [-0.25, -0.2) is 14.6 Å². The highest BCUT2D eigenvalue weighted by molar-refractivity contribution is 6.34. The summed E-state index contributed by atoms with van der Waals surface area (Å²) in [7, 11) is 0. The van der Waals surface area contributed by atoms with E-state index in [2.05, 4.69) is 10.3 Å². The van der Waals surface area contributed by atoms with E-state index >= 15 is 0 Å². The summed E-state index contributed by atoms with van der Waals surface area (Å²) in [6.45, 7) is 0.138. The van der Waals surface area contributed by atoms with Crippen LogP contribution >= 0.6 is 23.2 Å². The number of hydrogen-bond donors (Lipinski definition) is 2. The standard InChI is InChI=1S/C17H13Cl2N3O6/c18-10-2-4-13(19)21-15(10)16(24)28-8-14(23)22-17(25)20-9-1-3-11-12(7-9)27-6-5-26-11/h1-4,7H,5-6,8H2,(H2,20,22,23,25). The lowest BCUT2D eigenvalue weighted by Crippen LogP contribution is -2.37. The fourth-order valence-electron chi connectivity index (χ4n) is 2.21. The molecular weight excluding hydrogens is 413 g/mol. The van der Waals surface area contributed by atoms with Gasteiger partial charge < -0.3 is 19.5 Å². The van der Waals surface area contributed by atoms with Crippen LogP contribution in [0.4, 0.5) is 10.5 Å². The fourth-order valence-corrected chi connectivity index (χ4v) is 2.54. The van der Waals surface area contributed by atoms with Crippen molar-refractivity contribution in [2.24, 2.45) is 0 Å². The maximum Gasteiger partial charge on any atom is 0.359 e. The molecule has 3 amide bonds. The second-order valence-corrected chi connectivity index (χ2v) is 6.20. The molecule has 9 nitrogen and oxygen atoms in total. The van der Waals surface area contributed by atoms with Crippen LogP contribution in [0.3, 0.4) is 0 Å². The zero-order valence-corrected chi connectivity index (χ0v) is 15.7. The van der Waals surface area contributed by atoms with Crippen LogP contribution in [-0.4, -0.2) is 42.7 Å². The lowest BCUT2D eigenvalue weighted by Gasteiger charge is -2.19. The summed E-state index contributed by atoms with van der Waals surface area (Å²) in [5, 5.41) is 4.55. The van der Waals surface area contributed by atoms with Crippen molar-refractivity contribution in [3.05, 3.63) is 46.2 Å². The van der Waals surface area contributed by atoms with Crippen LogP contribution in [0.25, 0.3) is 0 Å². The largest absolute Gasteiger partial charge is 0.486 e. The fraction of sp³-hybridized carbons (Fsp3) is 0.176. The van der Waals surface area contributed by atoms with Crippen LogP contribution in [0, 0.1) is 0 Å². The van der Waals surface area contributed by atoms with Gasteiger partial charge in [-0.05, 0) is 24.3 Å². The molecule has 146 valence electrons. The minimum atomic E-state index is -0.949. The van der Waals surface area contributed by atoms with E-state index in [9.17, 15) is 14.4 Å². The number of esters is 1. The number of amides is 3. The summed E-state index contributed by atoms with van der Waals surface area (Å²) in [5.74, 6) is -0.750. The zero-order valence-electron chi connectivity index (χ0n) is 14.2. The van der Waals surface area contributed by atoms with Gasteiger partial charge in [0.05, 0.1) is 5.02 Å². The Morgan fingerprint density at radius 1 is 1.07 bits per heavy atom. The number of aromatic nitrogens is 1. The zero-order chi connectivity index (χ0) is 20.1. The first kappa shape index (κ1) is 19.7. The third-order valence-electron chi connectivity index (χ3n) is 3.39. The van der Waals surface area contributed by atoms with Crippen molar-refractivity contribution in [2.75, 3.05) is 25.1 Å². The first-order valence-electron chi connectivity index (χ1n) is 7.92. The first-order chi connectivity index (χ1) is 13.4. The van der Waals surface area contributed by atoms with Gasteiger partial charge in [-0.1, -0.05) is 23.2 Å². The van der Waals surface area contributed by atoms with Crippen molar-refractivity contribution in [2.45, 2.75) is 0 Å². The van der Waals surface area contributed by atoms with Gasteiger partial charge in [-0.2, -0.15) is 0 Å². The lowest BCUT2D eigenvalue weighted by atomic mass is 10.2. The van der Waals surface area contributed by atoms with Crippen LogP contribution in [0.15, 0.2) is 30.3 Å². The summed E-state index contributed by atoms with van der Waals surface area (Å²) in [5.41, 5.74) is 0.157. The van der Waals surface area contributed by atoms with Gasteiger partial charge in [-0.3, -0.25) is 10.1 Å². The van der Waals surface area contributed by atoms with Crippen molar-refractivity contribution in [1.82, 2.24) is 10.3 Å². The summed E-state index contributed by atoms with van der Waals surface area (Å²) in [6, 6.07) is 6.74. The number of fused-ring (bicyclic) bond motifs is 1. The Labute approximate surface area is 168 Å². The van der Waals surface area contributed by atoms with Crippen LogP contribution in [0.5, 0.6) is 11.5 Å². The molecule has 11 heteroatoms. The molecule has 0 radical (unpaired) electrons. The number of nitrogens with zero attached hydrogens (tertiary/aromatic N) is 1. The summed E-state index contributed by atoms with van der Waals surface area (Å²) in [4.78, 5) is 39.3. The Morgan fingerprint density at radius 3 is 2.61 bits per heavy atom. The summed E-state index contributed by atoms with van der Waals surface area (Å²) >= 11 is 11.5. The van der Waals surface area contributed by atoms with Gasteiger partial charge in [0.25, 0.3) is 5.91 Å². The molecule has 1 aliphatic heterocycles. The average Bonchev–Trinajstić information content (AvgIpc) is 2.67. The molecule has 0 saturated heterocycles. The van der Waals surface area contributed by atoms with Gasteiger partial charge in [0, 0.05) is 11.8 Å². The highest BCUT2D eigenvalue weighted by Crippen LogP contribution is 2.32.